The van der Waals surface area contributed by atoms with Gasteiger partial charge in [-0.15, -0.1) is 9.24 Å². The Labute approximate surface area is 180 Å². The predicted octanol–water partition coefficient (Wildman–Crippen LogP) is 2.86. The summed E-state index contributed by atoms with van der Waals surface area (Å²) in [5, 5.41) is 13.4. The number of benzene rings is 1. The molecule has 1 heterocycles. The molecule has 1 atom stereocenters. The van der Waals surface area contributed by atoms with Gasteiger partial charge in [0.1, 0.15) is 5.82 Å². The monoisotopic (exact) mass is 426 g/mol. The molecule has 30 heavy (non-hydrogen) atoms. The van der Waals surface area contributed by atoms with Crippen LogP contribution in [-0.2, 0) is 11.3 Å². The van der Waals surface area contributed by atoms with Crippen LogP contribution in [0.2, 0.25) is 0 Å². The Morgan fingerprint density at radius 2 is 2.10 bits per heavy atom. The molecule has 0 spiro atoms. The van der Waals surface area contributed by atoms with Gasteiger partial charge in [-0.05, 0) is 25.2 Å². The zero-order valence-corrected chi connectivity index (χ0v) is 18.6. The molecule has 0 radical (unpaired) electrons. The number of aromatic nitrogens is 3. The quantitative estimate of drug-likeness (QED) is 0.261. The van der Waals surface area contributed by atoms with E-state index in [0.29, 0.717) is 18.9 Å². The molecule has 0 fully saturated rings. The fourth-order valence-electron chi connectivity index (χ4n) is 2.84. The number of carbonyl (C=O) groups is 1. The van der Waals surface area contributed by atoms with Gasteiger partial charge in [0.05, 0.1) is 13.1 Å². The van der Waals surface area contributed by atoms with E-state index in [-0.39, 0.29) is 12.5 Å². The molecule has 1 aromatic heterocycles. The molecular weight excluding hydrogens is 395 g/mol. The molecule has 8 heteroatoms. The largest absolute Gasteiger partial charge is 0.325 e. The van der Waals surface area contributed by atoms with Gasteiger partial charge in [-0.3, -0.25) is 14.8 Å². The lowest BCUT2D eigenvalue weighted by atomic mass is 10.2. The maximum absolute atomic E-state index is 12.0. The first kappa shape index (κ1) is 23.7. The first-order chi connectivity index (χ1) is 14.7. The van der Waals surface area contributed by atoms with Gasteiger partial charge in [-0.25, -0.2) is 4.98 Å². The number of anilines is 1. The Kier molecular flexibility index (Phi) is 10.7. The number of hydrogen-bond donors (Lipinski definition) is 3. The van der Waals surface area contributed by atoms with Crippen molar-refractivity contribution in [1.29, 1.82) is 0 Å². The summed E-state index contributed by atoms with van der Waals surface area (Å²) in [6.45, 7) is 9.04. The van der Waals surface area contributed by atoms with Gasteiger partial charge in [0.25, 0.3) is 0 Å². The fraction of sp³-hybridized carbons (Fsp3) is 0.318. The number of H-pyrrole nitrogens is 1. The Balaban J connectivity index is 1.81. The number of amides is 1. The Morgan fingerprint density at radius 1 is 1.30 bits per heavy atom. The maximum Gasteiger partial charge on any atom is 0.238 e. The molecule has 2 rings (SSSR count). The van der Waals surface area contributed by atoms with Crippen LogP contribution in [0.5, 0.6) is 0 Å². The highest BCUT2D eigenvalue weighted by Gasteiger charge is 2.11. The van der Waals surface area contributed by atoms with Crippen LogP contribution in [0.1, 0.15) is 18.6 Å². The maximum atomic E-state index is 12.0. The average Bonchev–Trinajstić information content (AvgIpc) is 3.20. The van der Waals surface area contributed by atoms with Crippen LogP contribution in [0.15, 0.2) is 61.2 Å². The summed E-state index contributed by atoms with van der Waals surface area (Å²) < 4.78 is 0. The Hall–Kier alpha value is -2.60. The van der Waals surface area contributed by atoms with Crippen molar-refractivity contribution < 1.29 is 4.79 Å². The summed E-state index contributed by atoms with van der Waals surface area (Å²) >= 11 is 0. The van der Waals surface area contributed by atoms with Crippen LogP contribution < -0.4 is 10.6 Å². The van der Waals surface area contributed by atoms with Crippen molar-refractivity contribution in [2.24, 2.45) is 0 Å². The minimum absolute atomic E-state index is 0.0517. The van der Waals surface area contributed by atoms with Gasteiger partial charge in [-0.1, -0.05) is 49.1 Å². The molecule has 7 nitrogen and oxygen atoms in total. The molecule has 0 saturated carbocycles. The average molecular weight is 427 g/mol. The minimum atomic E-state index is -0.0517. The molecule has 1 amide bonds. The van der Waals surface area contributed by atoms with E-state index in [1.807, 2.05) is 55.5 Å². The molecule has 1 unspecified atom stereocenters. The molecule has 3 N–H and O–H groups in total. The van der Waals surface area contributed by atoms with E-state index in [9.17, 15) is 4.79 Å². The lowest BCUT2D eigenvalue weighted by Gasteiger charge is -2.20. The van der Waals surface area contributed by atoms with Gasteiger partial charge < -0.3 is 10.6 Å². The van der Waals surface area contributed by atoms with Crippen LogP contribution >= 0.6 is 9.24 Å². The van der Waals surface area contributed by atoms with E-state index in [0.717, 1.165) is 36.3 Å². The van der Waals surface area contributed by atoms with Crippen LogP contribution in [0, 0.1) is 0 Å². The van der Waals surface area contributed by atoms with E-state index >= 15 is 0 Å². The molecule has 1 aromatic carbocycles. The van der Waals surface area contributed by atoms with Crippen molar-refractivity contribution in [3.63, 3.8) is 0 Å². The fourth-order valence-corrected chi connectivity index (χ4v) is 3.20. The van der Waals surface area contributed by atoms with Crippen LogP contribution in [0.4, 0.5) is 5.69 Å². The van der Waals surface area contributed by atoms with E-state index in [1.54, 1.807) is 6.08 Å². The number of nitrogens with one attached hydrogen (secondary N) is 3. The zero-order valence-electron chi connectivity index (χ0n) is 17.5. The van der Waals surface area contributed by atoms with E-state index in [4.69, 9.17) is 0 Å². The number of carbonyl (C=O) groups excluding carboxylic acids is 1. The number of nitrogens with zero attached hydrogens (tertiary/aromatic N) is 3. The van der Waals surface area contributed by atoms with Crippen molar-refractivity contribution in [3.8, 4) is 0 Å². The number of allylic oxidation sites excluding steroid dienone is 5. The van der Waals surface area contributed by atoms with E-state index in [1.165, 1.54) is 0 Å². The highest BCUT2D eigenvalue weighted by atomic mass is 31.0. The molecule has 0 bridgehead atoms. The molecule has 0 aliphatic rings. The summed E-state index contributed by atoms with van der Waals surface area (Å²) in [5.74, 6) is 1.42. The van der Waals surface area contributed by atoms with Crippen molar-refractivity contribution in [1.82, 2.24) is 25.4 Å². The topological polar surface area (TPSA) is 85.9 Å². The van der Waals surface area contributed by atoms with Crippen LogP contribution in [0.25, 0.3) is 5.57 Å². The molecule has 0 aliphatic carbocycles. The minimum Gasteiger partial charge on any atom is -0.325 e. The van der Waals surface area contributed by atoms with E-state index in [2.05, 4.69) is 46.5 Å². The standard InChI is InChI=1S/C22H31N6OP/c1-3-8-18(9-4-2)22-25-20(26-27-22)17-28(14-15-30)13-12-23-16-21(29)24-19-10-6-5-7-11-19/h3-11,23H,1,12-17,30H2,2H3,(H,24,29)(H,25,26,27)/b9-4-,18-8+. The van der Waals surface area contributed by atoms with Crippen LogP contribution in [-0.4, -0.2) is 58.3 Å². The zero-order chi connectivity index (χ0) is 21.6. The van der Waals surface area contributed by atoms with Crippen molar-refractivity contribution in [2.45, 2.75) is 13.5 Å². The smallest absolute Gasteiger partial charge is 0.238 e. The molecule has 160 valence electrons. The predicted molar refractivity (Wildman–Crippen MR) is 127 cm³/mol. The second kappa shape index (κ2) is 13.6. The third-order valence-electron chi connectivity index (χ3n) is 4.20. The first-order valence-corrected chi connectivity index (χ1v) is 10.8. The second-order valence-electron chi connectivity index (χ2n) is 6.62. The van der Waals surface area contributed by atoms with E-state index < -0.39 is 0 Å². The summed E-state index contributed by atoms with van der Waals surface area (Å²) in [6, 6.07) is 9.45. The lowest BCUT2D eigenvalue weighted by molar-refractivity contribution is -0.115. The normalized spacial score (nSPS) is 11.9. The van der Waals surface area contributed by atoms with Gasteiger partial charge in [0, 0.05) is 30.9 Å². The van der Waals surface area contributed by atoms with Gasteiger partial charge in [-0.2, -0.15) is 5.10 Å². The van der Waals surface area contributed by atoms with Crippen LogP contribution in [0.3, 0.4) is 0 Å². The first-order valence-electron chi connectivity index (χ1n) is 10.0. The highest BCUT2D eigenvalue weighted by Crippen LogP contribution is 2.12. The van der Waals surface area contributed by atoms with Crippen molar-refractivity contribution in [3.05, 3.63) is 72.9 Å². The third-order valence-corrected chi connectivity index (χ3v) is 4.46. The Bertz CT molecular complexity index is 846. The Morgan fingerprint density at radius 3 is 2.80 bits per heavy atom. The summed E-state index contributed by atoms with van der Waals surface area (Å²) in [7, 11) is 2.75. The number of para-hydroxylation sites is 1. The van der Waals surface area contributed by atoms with Gasteiger partial charge >= 0.3 is 0 Å². The van der Waals surface area contributed by atoms with Gasteiger partial charge in [0.15, 0.2) is 5.82 Å². The SMILES string of the molecule is C=C/C=C(\C=C/C)c1n[nH]c(CN(CCP)CCNCC(=O)Nc2ccccc2)n1. The van der Waals surface area contributed by atoms with Crippen molar-refractivity contribution in [2.75, 3.05) is 37.7 Å². The lowest BCUT2D eigenvalue weighted by Crippen LogP contribution is -2.36. The highest BCUT2D eigenvalue weighted by molar-refractivity contribution is 7.16. The van der Waals surface area contributed by atoms with Crippen molar-refractivity contribution >= 4 is 26.4 Å². The van der Waals surface area contributed by atoms with Gasteiger partial charge in [0.2, 0.25) is 5.91 Å². The second-order valence-corrected chi connectivity index (χ2v) is 7.20. The summed E-state index contributed by atoms with van der Waals surface area (Å²) in [4.78, 5) is 18.9. The molecular formula is C22H31N6OP. The number of rotatable bonds is 13. The summed E-state index contributed by atoms with van der Waals surface area (Å²) in [6.07, 6.45) is 8.48. The third kappa shape index (κ3) is 8.41. The molecule has 2 aromatic rings. The number of aromatic amines is 1. The summed E-state index contributed by atoms with van der Waals surface area (Å²) in [5.41, 5.74) is 1.72. The number of hydrogen-bond acceptors (Lipinski definition) is 5. The molecule has 0 saturated heterocycles. The molecule has 0 aliphatic heterocycles.